The van der Waals surface area contributed by atoms with E-state index in [2.05, 4.69) is 5.32 Å². The number of amides is 3. The lowest BCUT2D eigenvalue weighted by molar-refractivity contribution is -0.122. The molecule has 0 radical (unpaired) electrons. The number of nitrogens with one attached hydrogen (secondary N) is 1. The molecule has 3 amide bonds. The van der Waals surface area contributed by atoms with Crippen LogP contribution in [0.5, 0.6) is 0 Å². The Morgan fingerprint density at radius 3 is 2.54 bits per heavy atom. The van der Waals surface area contributed by atoms with Gasteiger partial charge in [0.05, 0.1) is 4.91 Å². The van der Waals surface area contributed by atoms with Gasteiger partial charge >= 0.3 is 0 Å². The Morgan fingerprint density at radius 1 is 1.14 bits per heavy atom. The van der Waals surface area contributed by atoms with Gasteiger partial charge in [0.1, 0.15) is 5.82 Å². The number of nitrogens with zero attached hydrogens (tertiary/aromatic N) is 1. The number of imide groups is 1. The zero-order valence-electron chi connectivity index (χ0n) is 15.5. The second-order valence-corrected chi connectivity index (χ2v) is 7.45. The van der Waals surface area contributed by atoms with Crippen LogP contribution in [0.25, 0.3) is 6.08 Å². The van der Waals surface area contributed by atoms with Crippen LogP contribution in [0.3, 0.4) is 0 Å². The molecule has 1 heterocycles. The molecule has 3 rings (SSSR count). The monoisotopic (exact) mass is 398 g/mol. The summed E-state index contributed by atoms with van der Waals surface area (Å²) in [5.74, 6) is -1.03. The summed E-state index contributed by atoms with van der Waals surface area (Å²) < 4.78 is 13.0. The smallest absolute Gasteiger partial charge is 0.293 e. The second-order valence-electron chi connectivity index (χ2n) is 6.46. The third-order valence-corrected chi connectivity index (χ3v) is 5.20. The van der Waals surface area contributed by atoms with Crippen LogP contribution in [0.1, 0.15) is 27.0 Å². The van der Waals surface area contributed by atoms with Crippen LogP contribution in [-0.4, -0.2) is 35.0 Å². The van der Waals surface area contributed by atoms with Crippen molar-refractivity contribution in [3.8, 4) is 0 Å². The largest absolute Gasteiger partial charge is 0.350 e. The van der Waals surface area contributed by atoms with E-state index in [0.717, 1.165) is 27.8 Å². The number of thioether (sulfide) groups is 1. The molecule has 0 aromatic heterocycles. The summed E-state index contributed by atoms with van der Waals surface area (Å²) in [6.45, 7) is 4.06. The maximum absolute atomic E-state index is 13.0. The van der Waals surface area contributed by atoms with Gasteiger partial charge in [-0.05, 0) is 61.0 Å². The Hall–Kier alpha value is -2.93. The average Bonchev–Trinajstić information content (AvgIpc) is 2.91. The minimum atomic E-state index is -0.417. The van der Waals surface area contributed by atoms with E-state index >= 15 is 0 Å². The number of halogens is 1. The lowest BCUT2D eigenvalue weighted by Gasteiger charge is -2.13. The van der Waals surface area contributed by atoms with Crippen molar-refractivity contribution in [2.45, 2.75) is 13.8 Å². The first-order valence-electron chi connectivity index (χ1n) is 8.71. The van der Waals surface area contributed by atoms with Crippen molar-refractivity contribution in [1.82, 2.24) is 10.2 Å². The molecule has 2 aromatic carbocycles. The number of hydrogen-bond donors (Lipinski definition) is 1. The highest BCUT2D eigenvalue weighted by Crippen LogP contribution is 2.31. The summed E-state index contributed by atoms with van der Waals surface area (Å²) in [4.78, 5) is 38.3. The fraction of sp³-hybridized carbons (Fsp3) is 0.190. The Kier molecular flexibility index (Phi) is 5.94. The van der Waals surface area contributed by atoms with Crippen molar-refractivity contribution < 1.29 is 18.8 Å². The summed E-state index contributed by atoms with van der Waals surface area (Å²) in [6.07, 6.45) is 1.55. The molecule has 7 heteroatoms. The summed E-state index contributed by atoms with van der Waals surface area (Å²) in [5, 5.41) is 2.35. The van der Waals surface area contributed by atoms with Crippen LogP contribution in [0.4, 0.5) is 9.18 Å². The standard InChI is InChI=1S/C21H19FN2O3S/c1-13-3-8-17(14(2)11-13)19(25)23-9-10-24-20(26)18(28-21(24)27)12-15-4-6-16(22)7-5-15/h3-8,11-12H,9-10H2,1-2H3,(H,23,25)/b18-12+. The van der Waals surface area contributed by atoms with Gasteiger partial charge in [-0.2, -0.15) is 0 Å². The third-order valence-electron chi connectivity index (χ3n) is 4.29. The molecule has 1 saturated heterocycles. The quantitative estimate of drug-likeness (QED) is 0.776. The van der Waals surface area contributed by atoms with Gasteiger partial charge in [0.15, 0.2) is 0 Å². The fourth-order valence-electron chi connectivity index (χ4n) is 2.85. The van der Waals surface area contributed by atoms with Gasteiger partial charge in [-0.15, -0.1) is 0 Å². The van der Waals surface area contributed by atoms with Crippen molar-refractivity contribution in [2.24, 2.45) is 0 Å². The SMILES string of the molecule is Cc1ccc(C(=O)NCCN2C(=O)S/C(=C/c3ccc(F)cc3)C2=O)c(C)c1. The zero-order chi connectivity index (χ0) is 20.3. The summed E-state index contributed by atoms with van der Waals surface area (Å²) >= 11 is 0.832. The molecule has 0 unspecified atom stereocenters. The van der Waals surface area contributed by atoms with Gasteiger partial charge in [-0.25, -0.2) is 4.39 Å². The summed E-state index contributed by atoms with van der Waals surface area (Å²) in [5.41, 5.74) is 3.14. The van der Waals surface area contributed by atoms with E-state index in [0.29, 0.717) is 11.1 Å². The molecule has 1 aliphatic rings. The molecule has 0 saturated carbocycles. The first kappa shape index (κ1) is 19.8. The van der Waals surface area contributed by atoms with E-state index in [-0.39, 0.29) is 35.0 Å². The van der Waals surface area contributed by atoms with Crippen molar-refractivity contribution in [1.29, 1.82) is 0 Å². The number of rotatable bonds is 5. The van der Waals surface area contributed by atoms with Crippen LogP contribution in [0.2, 0.25) is 0 Å². The molecule has 0 bridgehead atoms. The number of benzene rings is 2. The van der Waals surface area contributed by atoms with Gasteiger partial charge in [0.2, 0.25) is 0 Å². The Labute approximate surface area is 166 Å². The van der Waals surface area contributed by atoms with Crippen LogP contribution in [0.15, 0.2) is 47.4 Å². The van der Waals surface area contributed by atoms with Crippen molar-refractivity contribution in [2.75, 3.05) is 13.1 Å². The number of hydrogen-bond acceptors (Lipinski definition) is 4. The molecule has 1 aliphatic heterocycles. The first-order valence-corrected chi connectivity index (χ1v) is 9.53. The molecule has 5 nitrogen and oxygen atoms in total. The normalized spacial score (nSPS) is 15.4. The molecule has 0 aliphatic carbocycles. The van der Waals surface area contributed by atoms with Gasteiger partial charge in [0.25, 0.3) is 17.1 Å². The van der Waals surface area contributed by atoms with E-state index < -0.39 is 5.91 Å². The highest BCUT2D eigenvalue weighted by atomic mass is 32.2. The highest BCUT2D eigenvalue weighted by Gasteiger charge is 2.34. The molecule has 0 spiro atoms. The first-order chi connectivity index (χ1) is 13.3. The minimum Gasteiger partial charge on any atom is -0.350 e. The predicted molar refractivity (Wildman–Crippen MR) is 107 cm³/mol. The van der Waals surface area contributed by atoms with Crippen molar-refractivity contribution in [3.05, 3.63) is 75.4 Å². The van der Waals surface area contributed by atoms with Gasteiger partial charge < -0.3 is 5.32 Å². The Balaban J connectivity index is 1.60. The molecule has 1 N–H and O–H groups in total. The maximum Gasteiger partial charge on any atom is 0.293 e. The van der Waals surface area contributed by atoms with E-state index in [1.807, 2.05) is 26.0 Å². The predicted octanol–water partition coefficient (Wildman–Crippen LogP) is 3.91. The van der Waals surface area contributed by atoms with Crippen LogP contribution >= 0.6 is 11.8 Å². The molecule has 144 valence electrons. The Morgan fingerprint density at radius 2 is 1.86 bits per heavy atom. The maximum atomic E-state index is 13.0. The summed E-state index contributed by atoms with van der Waals surface area (Å²) in [6, 6.07) is 11.2. The molecular formula is C21H19FN2O3S. The van der Waals surface area contributed by atoms with Gasteiger partial charge in [-0.3, -0.25) is 19.3 Å². The van der Waals surface area contributed by atoms with E-state index in [1.165, 1.54) is 24.3 Å². The van der Waals surface area contributed by atoms with Gasteiger partial charge in [0, 0.05) is 18.7 Å². The van der Waals surface area contributed by atoms with Crippen LogP contribution in [0, 0.1) is 19.7 Å². The highest BCUT2D eigenvalue weighted by molar-refractivity contribution is 8.18. The van der Waals surface area contributed by atoms with Crippen LogP contribution in [-0.2, 0) is 4.79 Å². The average molecular weight is 398 g/mol. The molecule has 1 fully saturated rings. The molecule has 28 heavy (non-hydrogen) atoms. The van der Waals surface area contributed by atoms with E-state index in [4.69, 9.17) is 0 Å². The second kappa shape index (κ2) is 8.39. The van der Waals surface area contributed by atoms with E-state index in [9.17, 15) is 18.8 Å². The lowest BCUT2D eigenvalue weighted by Crippen LogP contribution is -2.37. The van der Waals surface area contributed by atoms with Crippen LogP contribution < -0.4 is 5.32 Å². The van der Waals surface area contributed by atoms with Crippen molar-refractivity contribution >= 4 is 34.9 Å². The zero-order valence-corrected chi connectivity index (χ0v) is 16.3. The Bertz CT molecular complexity index is 970. The number of carbonyl (C=O) groups is 3. The third kappa shape index (κ3) is 4.48. The van der Waals surface area contributed by atoms with Gasteiger partial charge in [-0.1, -0.05) is 29.8 Å². The fourth-order valence-corrected chi connectivity index (χ4v) is 3.71. The number of aryl methyl sites for hydroxylation is 2. The molecule has 2 aromatic rings. The van der Waals surface area contributed by atoms with Crippen molar-refractivity contribution in [3.63, 3.8) is 0 Å². The summed E-state index contributed by atoms with van der Waals surface area (Å²) in [7, 11) is 0. The lowest BCUT2D eigenvalue weighted by atomic mass is 10.1. The minimum absolute atomic E-state index is 0.0854. The topological polar surface area (TPSA) is 66.5 Å². The number of carbonyl (C=O) groups excluding carboxylic acids is 3. The van der Waals surface area contributed by atoms with E-state index in [1.54, 1.807) is 12.1 Å². The molecular weight excluding hydrogens is 379 g/mol. The molecule has 0 atom stereocenters.